The summed E-state index contributed by atoms with van der Waals surface area (Å²) in [5.41, 5.74) is 0. The molecule has 1 saturated heterocycles. The van der Waals surface area contributed by atoms with Gasteiger partial charge in [0.25, 0.3) is 0 Å². The maximum atomic E-state index is 11.7. The lowest BCUT2D eigenvalue weighted by Crippen LogP contribution is -2.29. The Labute approximate surface area is 81.3 Å². The van der Waals surface area contributed by atoms with Gasteiger partial charge in [-0.05, 0) is 24.7 Å². The van der Waals surface area contributed by atoms with Crippen molar-refractivity contribution in [1.29, 1.82) is 0 Å². The van der Waals surface area contributed by atoms with Crippen LogP contribution in [0.2, 0.25) is 0 Å². The zero-order valence-corrected chi connectivity index (χ0v) is 9.05. The molecule has 0 radical (unpaired) electrons. The molecule has 1 amide bonds. The second kappa shape index (κ2) is 4.64. The smallest absolute Gasteiger partial charge is 0.222 e. The predicted octanol–water partition coefficient (Wildman–Crippen LogP) is 2.29. The van der Waals surface area contributed by atoms with Crippen molar-refractivity contribution in [3.63, 3.8) is 0 Å². The lowest BCUT2D eigenvalue weighted by molar-refractivity contribution is -0.131. The highest BCUT2D eigenvalue weighted by atomic mass is 16.2. The minimum Gasteiger partial charge on any atom is -0.343 e. The van der Waals surface area contributed by atoms with Crippen molar-refractivity contribution in [2.45, 2.75) is 40.0 Å². The first-order valence-electron chi connectivity index (χ1n) is 5.39. The maximum absolute atomic E-state index is 11.7. The van der Waals surface area contributed by atoms with Gasteiger partial charge in [-0.15, -0.1) is 0 Å². The fourth-order valence-electron chi connectivity index (χ4n) is 1.61. The molecular formula is C11H21NO. The average Bonchev–Trinajstić information content (AvgIpc) is 2.55. The van der Waals surface area contributed by atoms with Crippen molar-refractivity contribution in [2.24, 2.45) is 11.8 Å². The molecule has 1 aliphatic rings. The molecule has 0 aromatic carbocycles. The fraction of sp³-hybridized carbons (Fsp3) is 0.909. The summed E-state index contributed by atoms with van der Waals surface area (Å²) < 4.78 is 0. The van der Waals surface area contributed by atoms with Crippen molar-refractivity contribution < 1.29 is 4.79 Å². The molecule has 13 heavy (non-hydrogen) atoms. The normalized spacial score (nSPS) is 19.5. The first kappa shape index (κ1) is 10.6. The zero-order chi connectivity index (χ0) is 9.84. The van der Waals surface area contributed by atoms with Crippen LogP contribution in [-0.4, -0.2) is 23.9 Å². The van der Waals surface area contributed by atoms with Crippen LogP contribution < -0.4 is 0 Å². The molecule has 0 aliphatic carbocycles. The van der Waals surface area contributed by atoms with Gasteiger partial charge in [0.05, 0.1) is 0 Å². The Bertz CT molecular complexity index is 171. The van der Waals surface area contributed by atoms with E-state index in [1.54, 1.807) is 0 Å². The van der Waals surface area contributed by atoms with E-state index in [1.807, 2.05) is 4.90 Å². The molecule has 1 atom stereocenters. The molecule has 0 aromatic rings. The molecule has 0 spiro atoms. The Kier molecular flexibility index (Phi) is 3.76. The summed E-state index contributed by atoms with van der Waals surface area (Å²) >= 11 is 0. The third kappa shape index (κ3) is 3.02. The molecule has 1 heterocycles. The largest absolute Gasteiger partial charge is 0.343 e. The van der Waals surface area contributed by atoms with Gasteiger partial charge in [-0.1, -0.05) is 20.8 Å². The fourth-order valence-corrected chi connectivity index (χ4v) is 1.61. The van der Waals surface area contributed by atoms with E-state index in [0.29, 0.717) is 17.7 Å². The van der Waals surface area contributed by atoms with E-state index in [9.17, 15) is 4.79 Å². The molecule has 1 aliphatic heterocycles. The van der Waals surface area contributed by atoms with E-state index in [0.717, 1.165) is 19.5 Å². The average molecular weight is 183 g/mol. The van der Waals surface area contributed by atoms with Crippen molar-refractivity contribution in [3.05, 3.63) is 0 Å². The summed E-state index contributed by atoms with van der Waals surface area (Å²) in [6, 6.07) is 0. The van der Waals surface area contributed by atoms with Gasteiger partial charge in [0, 0.05) is 19.5 Å². The topological polar surface area (TPSA) is 20.3 Å². The summed E-state index contributed by atoms with van der Waals surface area (Å²) in [6.07, 6.45) is 3.13. The molecule has 0 aromatic heterocycles. The highest BCUT2D eigenvalue weighted by Gasteiger charge is 2.20. The van der Waals surface area contributed by atoms with E-state index < -0.39 is 0 Å². The van der Waals surface area contributed by atoms with Gasteiger partial charge in [-0.3, -0.25) is 4.79 Å². The Morgan fingerprint density at radius 3 is 2.23 bits per heavy atom. The summed E-state index contributed by atoms with van der Waals surface area (Å²) in [4.78, 5) is 13.7. The van der Waals surface area contributed by atoms with Crippen LogP contribution in [0, 0.1) is 11.8 Å². The summed E-state index contributed by atoms with van der Waals surface area (Å²) in [6.45, 7) is 8.51. The lowest BCUT2D eigenvalue weighted by atomic mass is 9.94. The van der Waals surface area contributed by atoms with Crippen LogP contribution in [0.5, 0.6) is 0 Å². The van der Waals surface area contributed by atoms with E-state index in [4.69, 9.17) is 0 Å². The minimum absolute atomic E-state index is 0.360. The number of nitrogens with zero attached hydrogens (tertiary/aromatic N) is 1. The zero-order valence-electron chi connectivity index (χ0n) is 9.05. The molecule has 0 saturated carbocycles. The minimum atomic E-state index is 0.360. The number of rotatable bonds is 3. The number of hydrogen-bond donors (Lipinski definition) is 0. The van der Waals surface area contributed by atoms with Gasteiger partial charge in [-0.25, -0.2) is 0 Å². The van der Waals surface area contributed by atoms with Crippen LogP contribution >= 0.6 is 0 Å². The van der Waals surface area contributed by atoms with E-state index in [-0.39, 0.29) is 0 Å². The number of hydrogen-bond acceptors (Lipinski definition) is 1. The van der Waals surface area contributed by atoms with Gasteiger partial charge in [-0.2, -0.15) is 0 Å². The molecule has 0 unspecified atom stereocenters. The van der Waals surface area contributed by atoms with Gasteiger partial charge < -0.3 is 4.90 Å². The van der Waals surface area contributed by atoms with Crippen molar-refractivity contribution >= 4 is 5.91 Å². The molecule has 2 nitrogen and oxygen atoms in total. The third-order valence-corrected chi connectivity index (χ3v) is 3.09. The highest BCUT2D eigenvalue weighted by Crippen LogP contribution is 2.17. The van der Waals surface area contributed by atoms with E-state index in [2.05, 4.69) is 20.8 Å². The number of likely N-dealkylation sites (tertiary alicyclic amines) is 1. The molecular weight excluding hydrogens is 162 g/mol. The SMILES string of the molecule is CC(C)[C@H](C)CC(=O)N1CCCC1. The van der Waals surface area contributed by atoms with Crippen LogP contribution in [-0.2, 0) is 4.79 Å². The Morgan fingerprint density at radius 2 is 1.77 bits per heavy atom. The second-order valence-electron chi connectivity index (χ2n) is 4.51. The molecule has 0 bridgehead atoms. The molecule has 1 rings (SSSR count). The first-order chi connectivity index (χ1) is 6.11. The van der Waals surface area contributed by atoms with E-state index >= 15 is 0 Å². The number of carbonyl (C=O) groups excluding carboxylic acids is 1. The third-order valence-electron chi connectivity index (χ3n) is 3.09. The van der Waals surface area contributed by atoms with Gasteiger partial charge in [0.15, 0.2) is 0 Å². The Hall–Kier alpha value is -0.530. The van der Waals surface area contributed by atoms with Gasteiger partial charge in [0.2, 0.25) is 5.91 Å². The lowest BCUT2D eigenvalue weighted by Gasteiger charge is -2.20. The summed E-state index contributed by atoms with van der Waals surface area (Å²) in [7, 11) is 0. The van der Waals surface area contributed by atoms with Crippen LogP contribution in [0.1, 0.15) is 40.0 Å². The summed E-state index contributed by atoms with van der Waals surface area (Å²) in [5, 5.41) is 0. The van der Waals surface area contributed by atoms with Crippen LogP contribution in [0.3, 0.4) is 0 Å². The quantitative estimate of drug-likeness (QED) is 0.657. The van der Waals surface area contributed by atoms with Gasteiger partial charge >= 0.3 is 0 Å². The van der Waals surface area contributed by atoms with Gasteiger partial charge in [0.1, 0.15) is 0 Å². The highest BCUT2D eigenvalue weighted by molar-refractivity contribution is 5.76. The molecule has 0 N–H and O–H groups in total. The predicted molar refractivity (Wildman–Crippen MR) is 54.4 cm³/mol. The Balaban J connectivity index is 2.31. The summed E-state index contributed by atoms with van der Waals surface area (Å²) in [5.74, 6) is 1.50. The van der Waals surface area contributed by atoms with Crippen LogP contribution in [0.15, 0.2) is 0 Å². The second-order valence-corrected chi connectivity index (χ2v) is 4.51. The molecule has 2 heteroatoms. The number of amides is 1. The monoisotopic (exact) mass is 183 g/mol. The molecule has 76 valence electrons. The van der Waals surface area contributed by atoms with E-state index in [1.165, 1.54) is 12.8 Å². The van der Waals surface area contributed by atoms with Crippen LogP contribution in [0.4, 0.5) is 0 Å². The van der Waals surface area contributed by atoms with Crippen molar-refractivity contribution in [2.75, 3.05) is 13.1 Å². The van der Waals surface area contributed by atoms with Crippen LogP contribution in [0.25, 0.3) is 0 Å². The van der Waals surface area contributed by atoms with Crippen molar-refractivity contribution in [1.82, 2.24) is 4.90 Å². The van der Waals surface area contributed by atoms with Crippen molar-refractivity contribution in [3.8, 4) is 0 Å². The standard InChI is InChI=1S/C11H21NO/c1-9(2)10(3)8-11(13)12-6-4-5-7-12/h9-10H,4-8H2,1-3H3/t10-/m1/s1. The number of carbonyl (C=O) groups is 1. The maximum Gasteiger partial charge on any atom is 0.222 e. The Morgan fingerprint density at radius 1 is 1.23 bits per heavy atom. The molecule has 1 fully saturated rings. The first-order valence-corrected chi connectivity index (χ1v) is 5.39.